The standard InChI is InChI=1S/C19H21FN2O5S2/c1-26-17-7-6-14(29(24,25)22-8-10-27-11-9-22)12-16(17)21-19(23)13-28-18-5-3-2-4-15(18)20/h2-7,12H,8-11,13H2,1H3,(H,21,23). The van der Waals surface area contributed by atoms with Crippen LogP contribution in [0.3, 0.4) is 0 Å². The molecule has 1 aliphatic heterocycles. The summed E-state index contributed by atoms with van der Waals surface area (Å²) in [6.07, 6.45) is 0. The SMILES string of the molecule is COc1ccc(S(=O)(=O)N2CCOCC2)cc1NC(=O)CSc1ccccc1F. The lowest BCUT2D eigenvalue weighted by molar-refractivity contribution is -0.113. The molecule has 156 valence electrons. The van der Waals surface area contributed by atoms with E-state index >= 15 is 0 Å². The lowest BCUT2D eigenvalue weighted by atomic mass is 10.3. The van der Waals surface area contributed by atoms with Crippen molar-refractivity contribution >= 4 is 33.4 Å². The highest BCUT2D eigenvalue weighted by atomic mass is 32.2. The molecule has 3 rings (SSSR count). The van der Waals surface area contributed by atoms with Crippen molar-refractivity contribution in [2.45, 2.75) is 9.79 Å². The van der Waals surface area contributed by atoms with Crippen LogP contribution in [0.5, 0.6) is 5.75 Å². The fourth-order valence-corrected chi connectivity index (χ4v) is 4.95. The van der Waals surface area contributed by atoms with Crippen molar-refractivity contribution in [1.29, 1.82) is 0 Å². The van der Waals surface area contributed by atoms with E-state index in [0.717, 1.165) is 11.8 Å². The van der Waals surface area contributed by atoms with E-state index in [9.17, 15) is 17.6 Å². The number of rotatable bonds is 7. The highest BCUT2D eigenvalue weighted by Gasteiger charge is 2.27. The van der Waals surface area contributed by atoms with E-state index in [-0.39, 0.29) is 29.4 Å². The van der Waals surface area contributed by atoms with E-state index in [4.69, 9.17) is 9.47 Å². The van der Waals surface area contributed by atoms with E-state index < -0.39 is 21.7 Å². The van der Waals surface area contributed by atoms with E-state index in [1.54, 1.807) is 18.2 Å². The normalized spacial score (nSPS) is 15.1. The largest absolute Gasteiger partial charge is 0.495 e. The van der Waals surface area contributed by atoms with E-state index in [1.165, 1.54) is 35.7 Å². The van der Waals surface area contributed by atoms with Gasteiger partial charge in [0.25, 0.3) is 0 Å². The predicted molar refractivity (Wildman–Crippen MR) is 108 cm³/mol. The highest BCUT2D eigenvalue weighted by Crippen LogP contribution is 2.30. The van der Waals surface area contributed by atoms with Gasteiger partial charge in [0.15, 0.2) is 0 Å². The number of hydrogen-bond acceptors (Lipinski definition) is 6. The van der Waals surface area contributed by atoms with Crippen LogP contribution in [0.1, 0.15) is 0 Å². The van der Waals surface area contributed by atoms with Crippen molar-refractivity contribution in [3.8, 4) is 5.75 Å². The minimum absolute atomic E-state index is 0.0372. The van der Waals surface area contributed by atoms with Gasteiger partial charge in [-0.3, -0.25) is 4.79 Å². The number of nitrogens with one attached hydrogen (secondary N) is 1. The topological polar surface area (TPSA) is 84.9 Å². The maximum absolute atomic E-state index is 13.7. The maximum Gasteiger partial charge on any atom is 0.243 e. The Balaban J connectivity index is 1.75. The number of amides is 1. The van der Waals surface area contributed by atoms with Gasteiger partial charge in [0.1, 0.15) is 11.6 Å². The molecule has 0 unspecified atom stereocenters. The van der Waals surface area contributed by atoms with Crippen molar-refractivity contribution in [2.75, 3.05) is 44.5 Å². The van der Waals surface area contributed by atoms with Gasteiger partial charge in [-0.15, -0.1) is 11.8 Å². The van der Waals surface area contributed by atoms with Crippen LogP contribution in [0.15, 0.2) is 52.3 Å². The number of methoxy groups -OCH3 is 1. The number of ether oxygens (including phenoxy) is 2. The number of benzene rings is 2. The van der Waals surface area contributed by atoms with E-state index in [0.29, 0.717) is 23.9 Å². The molecule has 29 heavy (non-hydrogen) atoms. The molecule has 0 atom stereocenters. The summed E-state index contributed by atoms with van der Waals surface area (Å²) in [5, 5.41) is 2.65. The zero-order chi connectivity index (χ0) is 20.9. The zero-order valence-electron chi connectivity index (χ0n) is 15.8. The van der Waals surface area contributed by atoms with Crippen LogP contribution < -0.4 is 10.1 Å². The number of anilines is 1. The van der Waals surface area contributed by atoms with Gasteiger partial charge in [-0.2, -0.15) is 4.31 Å². The first kappa shape index (κ1) is 21.6. The quantitative estimate of drug-likeness (QED) is 0.667. The number of thioether (sulfide) groups is 1. The summed E-state index contributed by atoms with van der Waals surface area (Å²) in [5.74, 6) is -0.515. The third-order valence-electron chi connectivity index (χ3n) is 4.25. The Kier molecular flexibility index (Phi) is 7.12. The summed E-state index contributed by atoms with van der Waals surface area (Å²) < 4.78 is 51.2. The molecule has 2 aromatic rings. The Bertz CT molecular complexity index is 978. The summed E-state index contributed by atoms with van der Waals surface area (Å²) >= 11 is 1.05. The average molecular weight is 441 g/mol. The first-order valence-electron chi connectivity index (χ1n) is 8.85. The summed E-state index contributed by atoms with van der Waals surface area (Å²) in [6, 6.07) is 10.5. The molecule has 2 aromatic carbocycles. The smallest absolute Gasteiger partial charge is 0.243 e. The van der Waals surface area contributed by atoms with Gasteiger partial charge in [-0.05, 0) is 30.3 Å². The second-order valence-corrected chi connectivity index (χ2v) is 9.10. The molecule has 1 heterocycles. The van der Waals surface area contributed by atoms with Crippen molar-refractivity contribution in [2.24, 2.45) is 0 Å². The number of nitrogens with zero attached hydrogens (tertiary/aromatic N) is 1. The van der Waals surface area contributed by atoms with Gasteiger partial charge < -0.3 is 14.8 Å². The Morgan fingerprint density at radius 1 is 1.24 bits per heavy atom. The minimum Gasteiger partial charge on any atom is -0.495 e. The molecule has 1 saturated heterocycles. The van der Waals surface area contributed by atoms with Crippen LogP contribution in [0.25, 0.3) is 0 Å². The third kappa shape index (κ3) is 5.27. The molecule has 0 radical (unpaired) electrons. The van der Waals surface area contributed by atoms with E-state index in [1.807, 2.05) is 0 Å². The van der Waals surface area contributed by atoms with Gasteiger partial charge in [0.2, 0.25) is 15.9 Å². The van der Waals surface area contributed by atoms with Crippen molar-refractivity contribution in [3.05, 3.63) is 48.3 Å². The Hall–Kier alpha value is -2.14. The van der Waals surface area contributed by atoms with Gasteiger partial charge >= 0.3 is 0 Å². The highest BCUT2D eigenvalue weighted by molar-refractivity contribution is 8.00. The van der Waals surface area contributed by atoms with Crippen molar-refractivity contribution in [1.82, 2.24) is 4.31 Å². The Labute approximate surface area is 173 Å². The van der Waals surface area contributed by atoms with Gasteiger partial charge in [0, 0.05) is 18.0 Å². The molecular formula is C19H21FN2O5S2. The number of morpholine rings is 1. The predicted octanol–water partition coefficient (Wildman–Crippen LogP) is 2.59. The van der Waals surface area contributed by atoms with Gasteiger partial charge in [0.05, 0.1) is 36.7 Å². The molecular weight excluding hydrogens is 419 g/mol. The fourth-order valence-electron chi connectivity index (χ4n) is 2.77. The van der Waals surface area contributed by atoms with Gasteiger partial charge in [-0.1, -0.05) is 12.1 Å². The molecule has 1 aliphatic rings. The zero-order valence-corrected chi connectivity index (χ0v) is 17.4. The molecule has 10 heteroatoms. The van der Waals surface area contributed by atoms with Crippen LogP contribution in [-0.2, 0) is 19.6 Å². The Morgan fingerprint density at radius 3 is 2.66 bits per heavy atom. The molecule has 0 aromatic heterocycles. The number of sulfonamides is 1. The van der Waals surface area contributed by atoms with Crippen molar-refractivity contribution in [3.63, 3.8) is 0 Å². The molecule has 7 nitrogen and oxygen atoms in total. The second-order valence-electron chi connectivity index (χ2n) is 6.15. The first-order chi connectivity index (χ1) is 13.9. The Morgan fingerprint density at radius 2 is 1.97 bits per heavy atom. The summed E-state index contributed by atoms with van der Waals surface area (Å²) in [7, 11) is -2.29. The number of halogens is 1. The molecule has 0 aliphatic carbocycles. The monoisotopic (exact) mass is 440 g/mol. The third-order valence-corrected chi connectivity index (χ3v) is 7.19. The molecule has 1 N–H and O–H groups in total. The average Bonchev–Trinajstić information content (AvgIpc) is 2.73. The van der Waals surface area contributed by atoms with Crippen molar-refractivity contribution < 1.29 is 27.1 Å². The minimum atomic E-state index is -3.71. The fraction of sp³-hybridized carbons (Fsp3) is 0.316. The maximum atomic E-state index is 13.7. The van der Waals surface area contributed by atoms with Crippen LogP contribution in [0.4, 0.5) is 10.1 Å². The lowest BCUT2D eigenvalue weighted by Crippen LogP contribution is -2.40. The second kappa shape index (κ2) is 9.57. The van der Waals surface area contributed by atoms with E-state index in [2.05, 4.69) is 5.32 Å². The molecule has 0 saturated carbocycles. The van der Waals surface area contributed by atoms with Crippen LogP contribution in [-0.4, -0.2) is 57.8 Å². The first-order valence-corrected chi connectivity index (χ1v) is 11.3. The number of hydrogen-bond donors (Lipinski definition) is 1. The summed E-state index contributed by atoms with van der Waals surface area (Å²) in [5.41, 5.74) is 0.237. The molecule has 0 bridgehead atoms. The summed E-state index contributed by atoms with van der Waals surface area (Å²) in [4.78, 5) is 12.8. The molecule has 1 amide bonds. The van der Waals surface area contributed by atoms with Gasteiger partial charge in [-0.25, -0.2) is 12.8 Å². The van der Waals surface area contributed by atoms with Crippen LogP contribution in [0.2, 0.25) is 0 Å². The van der Waals surface area contributed by atoms with Crippen LogP contribution in [0, 0.1) is 5.82 Å². The number of carbonyl (C=O) groups is 1. The lowest BCUT2D eigenvalue weighted by Gasteiger charge is -2.26. The number of carbonyl (C=O) groups excluding carboxylic acids is 1. The molecule has 1 fully saturated rings. The summed E-state index contributed by atoms with van der Waals surface area (Å²) in [6.45, 7) is 1.23. The molecule has 0 spiro atoms. The van der Waals surface area contributed by atoms with Crippen LogP contribution >= 0.6 is 11.8 Å².